The van der Waals surface area contributed by atoms with Gasteiger partial charge in [0.25, 0.3) is 0 Å². The SMILES string of the molecule is CCC=CCC=CCC=CCC=CCCC=CC(=O)O. The van der Waals surface area contributed by atoms with Gasteiger partial charge in [0.05, 0.1) is 0 Å². The number of unbranched alkanes of at least 4 members (excludes halogenated alkanes) is 1. The molecular formula is C18H26O2. The van der Waals surface area contributed by atoms with Crippen molar-refractivity contribution in [2.45, 2.75) is 45.4 Å². The molecule has 0 unspecified atom stereocenters. The van der Waals surface area contributed by atoms with Crippen LogP contribution in [-0.2, 0) is 4.79 Å². The maximum absolute atomic E-state index is 10.2. The number of allylic oxidation sites excluding steroid dienone is 9. The summed E-state index contributed by atoms with van der Waals surface area (Å²) in [6.07, 6.45) is 25.8. The number of rotatable bonds is 11. The van der Waals surface area contributed by atoms with Crippen LogP contribution in [0.4, 0.5) is 0 Å². The summed E-state index contributed by atoms with van der Waals surface area (Å²) in [4.78, 5) is 10.2. The molecule has 0 aliphatic heterocycles. The van der Waals surface area contributed by atoms with Crippen molar-refractivity contribution in [3.8, 4) is 0 Å². The Morgan fingerprint density at radius 1 is 0.750 bits per heavy atom. The molecule has 0 aromatic carbocycles. The van der Waals surface area contributed by atoms with E-state index in [-0.39, 0.29) is 0 Å². The second-order valence-electron chi connectivity index (χ2n) is 4.32. The van der Waals surface area contributed by atoms with Crippen molar-refractivity contribution in [1.29, 1.82) is 0 Å². The molecule has 0 aromatic heterocycles. The highest BCUT2D eigenvalue weighted by Gasteiger charge is 1.83. The van der Waals surface area contributed by atoms with E-state index >= 15 is 0 Å². The molecule has 0 saturated carbocycles. The summed E-state index contributed by atoms with van der Waals surface area (Å²) in [5.41, 5.74) is 0. The highest BCUT2D eigenvalue weighted by Crippen LogP contribution is 1.97. The Balaban J connectivity index is 3.47. The molecule has 0 rings (SSSR count). The van der Waals surface area contributed by atoms with E-state index in [0.717, 1.165) is 38.5 Å². The third kappa shape index (κ3) is 16.2. The van der Waals surface area contributed by atoms with Crippen molar-refractivity contribution in [3.63, 3.8) is 0 Å². The lowest BCUT2D eigenvalue weighted by Gasteiger charge is -1.86. The average molecular weight is 274 g/mol. The zero-order valence-corrected chi connectivity index (χ0v) is 12.4. The lowest BCUT2D eigenvalue weighted by molar-refractivity contribution is -0.131. The van der Waals surface area contributed by atoms with Crippen LogP contribution in [0.3, 0.4) is 0 Å². The first kappa shape index (κ1) is 18.2. The van der Waals surface area contributed by atoms with E-state index in [2.05, 4.69) is 55.5 Å². The number of hydrogen-bond acceptors (Lipinski definition) is 1. The maximum Gasteiger partial charge on any atom is 0.327 e. The molecule has 0 radical (unpaired) electrons. The Labute approximate surface area is 122 Å². The fourth-order valence-corrected chi connectivity index (χ4v) is 1.47. The molecule has 2 nitrogen and oxygen atoms in total. The first-order valence-corrected chi connectivity index (χ1v) is 7.26. The zero-order chi connectivity index (χ0) is 14.9. The highest BCUT2D eigenvalue weighted by atomic mass is 16.4. The van der Waals surface area contributed by atoms with Crippen LogP contribution < -0.4 is 0 Å². The lowest BCUT2D eigenvalue weighted by Crippen LogP contribution is -1.85. The quantitative estimate of drug-likeness (QED) is 0.319. The van der Waals surface area contributed by atoms with Gasteiger partial charge in [-0.1, -0.05) is 61.6 Å². The monoisotopic (exact) mass is 274 g/mol. The molecule has 0 amide bonds. The molecule has 0 fully saturated rings. The molecule has 2 heteroatoms. The molecule has 110 valence electrons. The maximum atomic E-state index is 10.2. The summed E-state index contributed by atoms with van der Waals surface area (Å²) in [7, 11) is 0. The standard InChI is InChI=1S/C18H26O2/c1-2-3-4-5-6-7-8-9-10-11-12-13-14-15-16-17-18(19)20/h3-4,6-7,9-10,12-13,16-17H,2,5,8,11,14-15H2,1H3,(H,19,20). The van der Waals surface area contributed by atoms with Crippen LogP contribution in [0, 0.1) is 0 Å². The Morgan fingerprint density at radius 3 is 1.70 bits per heavy atom. The first-order valence-electron chi connectivity index (χ1n) is 7.26. The van der Waals surface area contributed by atoms with Gasteiger partial charge in [0.2, 0.25) is 0 Å². The minimum atomic E-state index is -0.879. The van der Waals surface area contributed by atoms with E-state index in [1.54, 1.807) is 6.08 Å². The normalized spacial score (nSPS) is 12.8. The predicted molar refractivity (Wildman–Crippen MR) is 86.7 cm³/mol. The van der Waals surface area contributed by atoms with Crippen LogP contribution >= 0.6 is 0 Å². The molecular weight excluding hydrogens is 248 g/mol. The molecule has 0 aromatic rings. The van der Waals surface area contributed by atoms with E-state index in [0.29, 0.717) is 0 Å². The molecule has 20 heavy (non-hydrogen) atoms. The molecule has 0 spiro atoms. The number of carboxylic acid groups (broad SMARTS) is 1. The van der Waals surface area contributed by atoms with Crippen LogP contribution in [0.5, 0.6) is 0 Å². The third-order valence-electron chi connectivity index (χ3n) is 2.48. The van der Waals surface area contributed by atoms with Crippen molar-refractivity contribution in [1.82, 2.24) is 0 Å². The van der Waals surface area contributed by atoms with Crippen molar-refractivity contribution in [3.05, 3.63) is 60.8 Å². The number of aliphatic carboxylic acids is 1. The molecule has 0 atom stereocenters. The van der Waals surface area contributed by atoms with Crippen LogP contribution in [0.2, 0.25) is 0 Å². The van der Waals surface area contributed by atoms with Gasteiger partial charge >= 0.3 is 5.97 Å². The van der Waals surface area contributed by atoms with Crippen LogP contribution in [-0.4, -0.2) is 11.1 Å². The van der Waals surface area contributed by atoms with E-state index in [1.807, 2.05) is 0 Å². The van der Waals surface area contributed by atoms with Crippen LogP contribution in [0.1, 0.15) is 45.4 Å². The number of hydrogen-bond donors (Lipinski definition) is 1. The summed E-state index contributed by atoms with van der Waals surface area (Å²) < 4.78 is 0. The van der Waals surface area contributed by atoms with Gasteiger partial charge in [-0.05, 0) is 38.5 Å². The summed E-state index contributed by atoms with van der Waals surface area (Å²) >= 11 is 0. The second-order valence-corrected chi connectivity index (χ2v) is 4.32. The van der Waals surface area contributed by atoms with Gasteiger partial charge in [0.15, 0.2) is 0 Å². The van der Waals surface area contributed by atoms with Gasteiger partial charge in [-0.3, -0.25) is 0 Å². The molecule has 1 N–H and O–H groups in total. The van der Waals surface area contributed by atoms with E-state index in [9.17, 15) is 4.79 Å². The Morgan fingerprint density at radius 2 is 1.20 bits per heavy atom. The highest BCUT2D eigenvalue weighted by molar-refractivity contribution is 5.79. The minimum Gasteiger partial charge on any atom is -0.478 e. The summed E-state index contributed by atoms with van der Waals surface area (Å²) in [6, 6.07) is 0. The van der Waals surface area contributed by atoms with Gasteiger partial charge < -0.3 is 5.11 Å². The van der Waals surface area contributed by atoms with Gasteiger partial charge in [-0.25, -0.2) is 4.79 Å². The van der Waals surface area contributed by atoms with Crippen molar-refractivity contribution < 1.29 is 9.90 Å². The third-order valence-corrected chi connectivity index (χ3v) is 2.48. The topological polar surface area (TPSA) is 37.3 Å². The molecule has 0 aliphatic rings. The predicted octanol–water partition coefficient (Wildman–Crippen LogP) is 5.21. The fourth-order valence-electron chi connectivity index (χ4n) is 1.47. The van der Waals surface area contributed by atoms with Crippen molar-refractivity contribution >= 4 is 5.97 Å². The van der Waals surface area contributed by atoms with E-state index < -0.39 is 5.97 Å². The second kappa shape index (κ2) is 15.2. The summed E-state index contributed by atoms with van der Waals surface area (Å²) in [5.74, 6) is -0.879. The van der Waals surface area contributed by atoms with Crippen LogP contribution in [0.15, 0.2) is 60.8 Å². The summed E-state index contributed by atoms with van der Waals surface area (Å²) in [6.45, 7) is 2.14. The fraction of sp³-hybridized carbons (Fsp3) is 0.389. The Bertz CT molecular complexity index is 371. The molecule has 0 bridgehead atoms. The van der Waals surface area contributed by atoms with Gasteiger partial charge in [0, 0.05) is 6.08 Å². The van der Waals surface area contributed by atoms with Crippen LogP contribution in [0.25, 0.3) is 0 Å². The lowest BCUT2D eigenvalue weighted by atomic mass is 10.2. The van der Waals surface area contributed by atoms with E-state index in [4.69, 9.17) is 5.11 Å². The van der Waals surface area contributed by atoms with Crippen molar-refractivity contribution in [2.75, 3.05) is 0 Å². The Kier molecular flexibility index (Phi) is 13.8. The smallest absolute Gasteiger partial charge is 0.327 e. The zero-order valence-electron chi connectivity index (χ0n) is 12.4. The Hall–Kier alpha value is -1.83. The molecule has 0 heterocycles. The number of carbonyl (C=O) groups is 1. The summed E-state index contributed by atoms with van der Waals surface area (Å²) in [5, 5.41) is 8.39. The minimum absolute atomic E-state index is 0.778. The number of carboxylic acids is 1. The molecule has 0 aliphatic carbocycles. The average Bonchev–Trinajstić information content (AvgIpc) is 2.43. The first-order chi connectivity index (χ1) is 9.77. The van der Waals surface area contributed by atoms with E-state index in [1.165, 1.54) is 6.08 Å². The van der Waals surface area contributed by atoms with Crippen molar-refractivity contribution in [2.24, 2.45) is 0 Å². The van der Waals surface area contributed by atoms with Gasteiger partial charge in [-0.2, -0.15) is 0 Å². The van der Waals surface area contributed by atoms with Gasteiger partial charge in [-0.15, -0.1) is 0 Å². The molecule has 0 saturated heterocycles. The van der Waals surface area contributed by atoms with Gasteiger partial charge in [0.1, 0.15) is 0 Å². The largest absolute Gasteiger partial charge is 0.478 e.